The van der Waals surface area contributed by atoms with E-state index < -0.39 is 0 Å². The van der Waals surface area contributed by atoms with Crippen LogP contribution in [0.1, 0.15) is 43.7 Å². The number of halogens is 2. The van der Waals surface area contributed by atoms with E-state index in [4.69, 9.17) is 27.9 Å². The van der Waals surface area contributed by atoms with Gasteiger partial charge >= 0.3 is 0 Å². The molecule has 1 aliphatic carbocycles. The summed E-state index contributed by atoms with van der Waals surface area (Å²) in [7, 11) is 1.93. The van der Waals surface area contributed by atoms with Crippen LogP contribution in [0.25, 0.3) is 0 Å². The van der Waals surface area contributed by atoms with Gasteiger partial charge in [-0.3, -0.25) is 4.79 Å². The first-order chi connectivity index (χ1) is 13.5. The normalized spacial score (nSPS) is 27.2. The number of carbonyl (C=O) groups excluding carboxylic acids is 1. The van der Waals surface area contributed by atoms with Crippen molar-refractivity contribution < 1.29 is 9.53 Å². The molecule has 2 aromatic rings. The van der Waals surface area contributed by atoms with Gasteiger partial charge in [0.15, 0.2) is 0 Å². The summed E-state index contributed by atoms with van der Waals surface area (Å²) in [5.74, 6) is 0.101. The van der Waals surface area contributed by atoms with Crippen LogP contribution in [0.4, 0.5) is 0 Å². The number of carbonyl (C=O) groups is 1. The van der Waals surface area contributed by atoms with E-state index in [2.05, 4.69) is 17.0 Å². The van der Waals surface area contributed by atoms with E-state index in [-0.39, 0.29) is 23.6 Å². The van der Waals surface area contributed by atoms with Gasteiger partial charge in [-0.15, -0.1) is 0 Å². The maximum Gasteiger partial charge on any atom is 0.227 e. The van der Waals surface area contributed by atoms with Crippen molar-refractivity contribution in [3.05, 3.63) is 58.3 Å². The van der Waals surface area contributed by atoms with Crippen molar-refractivity contribution in [2.24, 2.45) is 0 Å². The average Bonchev–Trinajstić information content (AvgIpc) is 3.37. The summed E-state index contributed by atoms with van der Waals surface area (Å²) in [6.45, 7) is 0.856. The lowest BCUT2D eigenvalue weighted by atomic mass is 9.76. The molecule has 1 spiro atoms. The van der Waals surface area contributed by atoms with Crippen LogP contribution in [-0.2, 0) is 16.0 Å². The molecule has 0 radical (unpaired) electrons. The molecule has 3 atom stereocenters. The standard InChI is InChI=1S/C22H26Cl2N2O2/c1-25(21(27)14-16-5-6-17(23)18(24)13-16)19-7-9-22(8-4-12-28-22)15-20(19)26-10-2-3-11-26/h2-3,5-6,10-11,13,19-20H,4,7-9,12,14-15H2,1H3. The third-order valence-electron chi connectivity index (χ3n) is 6.35. The number of likely N-dealkylation sites (N-methyl/N-ethyl adjacent to an activating group) is 1. The van der Waals surface area contributed by atoms with Gasteiger partial charge in [-0.2, -0.15) is 0 Å². The van der Waals surface area contributed by atoms with Crippen molar-refractivity contribution in [2.45, 2.75) is 56.2 Å². The number of benzene rings is 1. The monoisotopic (exact) mass is 420 g/mol. The van der Waals surface area contributed by atoms with E-state index in [1.807, 2.05) is 30.1 Å². The minimum Gasteiger partial charge on any atom is -0.375 e. The molecule has 2 aliphatic rings. The van der Waals surface area contributed by atoms with Gasteiger partial charge in [0.25, 0.3) is 0 Å². The Kier molecular flexibility index (Phi) is 5.73. The Morgan fingerprint density at radius 3 is 2.71 bits per heavy atom. The van der Waals surface area contributed by atoms with Gasteiger partial charge in [-0.1, -0.05) is 29.3 Å². The number of ether oxygens (including phenoxy) is 1. The van der Waals surface area contributed by atoms with Gasteiger partial charge < -0.3 is 14.2 Å². The molecule has 0 bridgehead atoms. The summed E-state index contributed by atoms with van der Waals surface area (Å²) in [4.78, 5) is 15.0. The van der Waals surface area contributed by atoms with Gasteiger partial charge in [0.2, 0.25) is 5.91 Å². The Morgan fingerprint density at radius 2 is 2.04 bits per heavy atom. The molecule has 1 amide bonds. The lowest BCUT2D eigenvalue weighted by molar-refractivity contribution is -0.135. The Bertz CT molecular complexity index is 831. The van der Waals surface area contributed by atoms with Crippen LogP contribution in [0.5, 0.6) is 0 Å². The SMILES string of the molecule is CN(C(=O)Cc1ccc(Cl)c(Cl)c1)C1CCC2(CCCO2)CC1n1cccc1. The Hall–Kier alpha value is -1.49. The molecule has 0 N–H and O–H groups in total. The summed E-state index contributed by atoms with van der Waals surface area (Å²) in [6.07, 6.45) is 9.70. The van der Waals surface area contributed by atoms with E-state index >= 15 is 0 Å². The topological polar surface area (TPSA) is 34.5 Å². The summed E-state index contributed by atoms with van der Waals surface area (Å²) in [5, 5.41) is 0.992. The highest BCUT2D eigenvalue weighted by molar-refractivity contribution is 6.42. The zero-order chi connectivity index (χ0) is 19.7. The third-order valence-corrected chi connectivity index (χ3v) is 7.09. The van der Waals surface area contributed by atoms with Gasteiger partial charge in [0.1, 0.15) is 0 Å². The van der Waals surface area contributed by atoms with Gasteiger partial charge in [-0.25, -0.2) is 0 Å². The highest BCUT2D eigenvalue weighted by Crippen LogP contribution is 2.45. The molecule has 1 saturated heterocycles. The minimum absolute atomic E-state index is 0.0149. The molecule has 1 aliphatic heterocycles. The maximum atomic E-state index is 13.0. The summed E-state index contributed by atoms with van der Waals surface area (Å²) < 4.78 is 8.42. The molecular formula is C22H26Cl2N2O2. The fraction of sp³-hybridized carbons (Fsp3) is 0.500. The van der Waals surface area contributed by atoms with Crippen LogP contribution in [0.15, 0.2) is 42.7 Å². The molecule has 4 nitrogen and oxygen atoms in total. The van der Waals surface area contributed by atoms with Gasteiger partial charge in [-0.05, 0) is 61.9 Å². The molecule has 2 fully saturated rings. The molecule has 1 saturated carbocycles. The molecule has 3 unspecified atom stereocenters. The van der Waals surface area contributed by atoms with E-state index in [0.717, 1.165) is 44.3 Å². The first kappa shape index (κ1) is 19.8. The number of aromatic nitrogens is 1. The van der Waals surface area contributed by atoms with E-state index in [1.54, 1.807) is 12.1 Å². The highest BCUT2D eigenvalue weighted by atomic mass is 35.5. The highest BCUT2D eigenvalue weighted by Gasteiger charge is 2.45. The zero-order valence-electron chi connectivity index (χ0n) is 16.1. The molecule has 1 aromatic carbocycles. The number of amides is 1. The number of hydrogen-bond donors (Lipinski definition) is 0. The summed E-state index contributed by atoms with van der Waals surface area (Å²) >= 11 is 12.1. The summed E-state index contributed by atoms with van der Waals surface area (Å²) in [5.41, 5.74) is 0.870. The first-order valence-corrected chi connectivity index (χ1v) is 10.7. The molecular weight excluding hydrogens is 395 g/mol. The van der Waals surface area contributed by atoms with Crippen LogP contribution in [0, 0.1) is 0 Å². The molecule has 4 rings (SSSR count). The molecule has 28 heavy (non-hydrogen) atoms. The van der Waals surface area contributed by atoms with Crippen LogP contribution < -0.4 is 0 Å². The second kappa shape index (κ2) is 8.10. The fourth-order valence-electron chi connectivity index (χ4n) is 4.79. The second-order valence-corrected chi connectivity index (χ2v) is 8.89. The van der Waals surface area contributed by atoms with Crippen LogP contribution in [0.2, 0.25) is 10.0 Å². The largest absolute Gasteiger partial charge is 0.375 e. The van der Waals surface area contributed by atoms with E-state index in [0.29, 0.717) is 16.5 Å². The van der Waals surface area contributed by atoms with Gasteiger partial charge in [0.05, 0.1) is 34.2 Å². The quantitative estimate of drug-likeness (QED) is 0.685. The lowest BCUT2D eigenvalue weighted by Gasteiger charge is -2.46. The van der Waals surface area contributed by atoms with Crippen molar-refractivity contribution in [2.75, 3.05) is 13.7 Å². The van der Waals surface area contributed by atoms with Gasteiger partial charge in [0, 0.05) is 26.0 Å². The molecule has 2 heterocycles. The van der Waals surface area contributed by atoms with Crippen molar-refractivity contribution in [3.63, 3.8) is 0 Å². The first-order valence-electron chi connectivity index (χ1n) is 9.93. The Labute approximate surface area is 176 Å². The van der Waals surface area contributed by atoms with Crippen LogP contribution in [-0.4, -0.2) is 40.7 Å². The number of hydrogen-bond acceptors (Lipinski definition) is 2. The van der Waals surface area contributed by atoms with Crippen LogP contribution >= 0.6 is 23.2 Å². The summed E-state index contributed by atoms with van der Waals surface area (Å²) in [6, 6.07) is 9.86. The second-order valence-electron chi connectivity index (χ2n) is 8.07. The molecule has 1 aromatic heterocycles. The van der Waals surface area contributed by atoms with E-state index in [1.165, 1.54) is 0 Å². The van der Waals surface area contributed by atoms with Crippen molar-refractivity contribution in [1.82, 2.24) is 9.47 Å². The minimum atomic E-state index is -0.0149. The number of rotatable bonds is 4. The predicted octanol–water partition coefficient (Wildman–Crippen LogP) is 5.14. The van der Waals surface area contributed by atoms with Crippen LogP contribution in [0.3, 0.4) is 0 Å². The maximum absolute atomic E-state index is 13.0. The molecule has 6 heteroatoms. The fourth-order valence-corrected chi connectivity index (χ4v) is 5.12. The average molecular weight is 421 g/mol. The third kappa shape index (κ3) is 3.96. The molecule has 150 valence electrons. The van der Waals surface area contributed by atoms with Crippen molar-refractivity contribution in [3.8, 4) is 0 Å². The van der Waals surface area contributed by atoms with Crippen molar-refractivity contribution in [1.29, 1.82) is 0 Å². The smallest absolute Gasteiger partial charge is 0.227 e. The Morgan fingerprint density at radius 1 is 1.25 bits per heavy atom. The van der Waals surface area contributed by atoms with E-state index in [9.17, 15) is 4.79 Å². The predicted molar refractivity (Wildman–Crippen MR) is 112 cm³/mol. The Balaban J connectivity index is 1.52. The van der Waals surface area contributed by atoms with Crippen molar-refractivity contribution >= 4 is 29.1 Å². The zero-order valence-corrected chi connectivity index (χ0v) is 17.6. The number of nitrogens with zero attached hydrogens (tertiary/aromatic N) is 2. The lowest BCUT2D eigenvalue weighted by Crippen LogP contribution is -2.50.